The normalized spacial score (nSPS) is 10.8. The van der Waals surface area contributed by atoms with Crippen LogP contribution in [0.4, 0.5) is 17.1 Å². The summed E-state index contributed by atoms with van der Waals surface area (Å²) >= 11 is 0. The molecule has 0 aliphatic rings. The molecule has 0 aromatic heterocycles. The predicted octanol–water partition coefficient (Wildman–Crippen LogP) is 10.0. The fraction of sp³-hybridized carbons (Fsp3) is 0.0588. The molecule has 1 nitrogen and oxygen atoms in total. The molecule has 35 heavy (non-hydrogen) atoms. The van der Waals surface area contributed by atoms with Crippen LogP contribution < -0.4 is 4.90 Å². The Kier molecular flexibility index (Phi) is 6.08. The van der Waals surface area contributed by atoms with Crippen molar-refractivity contribution < 1.29 is 0 Å². The molecule has 0 N–H and O–H groups in total. The van der Waals surface area contributed by atoms with E-state index in [0.29, 0.717) is 0 Å². The van der Waals surface area contributed by atoms with Crippen molar-refractivity contribution in [2.24, 2.45) is 0 Å². The summed E-state index contributed by atoms with van der Waals surface area (Å²) in [5.41, 5.74) is 10.3. The van der Waals surface area contributed by atoms with Gasteiger partial charge in [-0.2, -0.15) is 0 Å². The molecule has 5 aromatic rings. The van der Waals surface area contributed by atoms with Crippen LogP contribution in [0.25, 0.3) is 33.0 Å². The second kappa shape index (κ2) is 9.48. The molecule has 1 heteroatoms. The first-order valence-electron chi connectivity index (χ1n) is 11.9. The molecule has 0 saturated carbocycles. The van der Waals surface area contributed by atoms with Gasteiger partial charge in [0.15, 0.2) is 0 Å². The second-order valence-electron chi connectivity index (χ2n) is 9.00. The monoisotopic (exact) mass is 451 g/mol. The van der Waals surface area contributed by atoms with E-state index < -0.39 is 0 Å². The van der Waals surface area contributed by atoms with Crippen LogP contribution in [0.1, 0.15) is 25.0 Å². The zero-order chi connectivity index (χ0) is 24.4. The van der Waals surface area contributed by atoms with Crippen LogP contribution >= 0.6 is 0 Å². The molecule has 0 fully saturated rings. The summed E-state index contributed by atoms with van der Waals surface area (Å²) in [4.78, 5) is 2.28. The Morgan fingerprint density at radius 2 is 1.03 bits per heavy atom. The fourth-order valence-electron chi connectivity index (χ4n) is 4.76. The van der Waals surface area contributed by atoms with Crippen LogP contribution in [-0.2, 0) is 0 Å². The van der Waals surface area contributed by atoms with E-state index in [-0.39, 0.29) is 0 Å². The number of allylic oxidation sites excluding steroid dienone is 2. The maximum absolute atomic E-state index is 4.23. The number of rotatable bonds is 6. The quantitative estimate of drug-likeness (QED) is 0.248. The summed E-state index contributed by atoms with van der Waals surface area (Å²) in [6.45, 7) is 12.6. The number of anilines is 3. The Hall–Kier alpha value is -4.36. The van der Waals surface area contributed by atoms with Gasteiger partial charge >= 0.3 is 0 Å². The van der Waals surface area contributed by atoms with E-state index in [1.807, 2.05) is 0 Å². The van der Waals surface area contributed by atoms with Crippen molar-refractivity contribution in [1.29, 1.82) is 0 Å². The lowest BCUT2D eigenvalue weighted by molar-refractivity contribution is 1.28. The van der Waals surface area contributed by atoms with Crippen LogP contribution in [0.5, 0.6) is 0 Å². The van der Waals surface area contributed by atoms with Gasteiger partial charge in [0.2, 0.25) is 0 Å². The molecule has 0 saturated heterocycles. The molecule has 5 rings (SSSR count). The average Bonchev–Trinajstić information content (AvgIpc) is 2.89. The van der Waals surface area contributed by atoms with Gasteiger partial charge in [0.05, 0.1) is 0 Å². The first-order valence-corrected chi connectivity index (χ1v) is 11.9. The molecule has 0 unspecified atom stereocenters. The topological polar surface area (TPSA) is 3.24 Å². The van der Waals surface area contributed by atoms with E-state index in [2.05, 4.69) is 147 Å². The summed E-state index contributed by atoms with van der Waals surface area (Å²) < 4.78 is 0. The van der Waals surface area contributed by atoms with Crippen molar-refractivity contribution in [3.8, 4) is 11.1 Å². The lowest BCUT2D eigenvalue weighted by Gasteiger charge is -2.25. The third kappa shape index (κ3) is 4.29. The lowest BCUT2D eigenvalue weighted by atomic mass is 9.88. The van der Waals surface area contributed by atoms with Gasteiger partial charge in [-0.1, -0.05) is 103 Å². The molecule has 0 spiro atoms. The molecule has 0 heterocycles. The third-order valence-corrected chi connectivity index (χ3v) is 6.43. The standard InChI is InChI=1S/C34H29N/c1-24(2)30-16-11-17-33-32(23-22-31(25(3)4)34(30)33)26-18-20-29(21-19-26)35(27-12-7-5-8-13-27)28-14-9-6-10-15-28/h5-23H,1,3H2,2,4H3. The summed E-state index contributed by atoms with van der Waals surface area (Å²) in [6.07, 6.45) is 0. The van der Waals surface area contributed by atoms with Crippen LogP contribution in [0.2, 0.25) is 0 Å². The maximum Gasteiger partial charge on any atom is 0.0462 e. The molecule has 0 aliphatic carbocycles. The molecular weight excluding hydrogens is 422 g/mol. The van der Waals surface area contributed by atoms with E-state index >= 15 is 0 Å². The molecule has 0 radical (unpaired) electrons. The van der Waals surface area contributed by atoms with Gasteiger partial charge < -0.3 is 4.90 Å². The van der Waals surface area contributed by atoms with Crippen LogP contribution in [-0.4, -0.2) is 0 Å². The summed E-state index contributed by atoms with van der Waals surface area (Å²) in [5, 5.41) is 2.45. The Morgan fingerprint density at radius 3 is 1.57 bits per heavy atom. The minimum atomic E-state index is 1.06. The first kappa shape index (κ1) is 22.4. The minimum absolute atomic E-state index is 1.06. The highest BCUT2D eigenvalue weighted by molar-refractivity contribution is 6.07. The zero-order valence-electron chi connectivity index (χ0n) is 20.3. The molecule has 5 aromatic carbocycles. The molecule has 0 aliphatic heterocycles. The lowest BCUT2D eigenvalue weighted by Crippen LogP contribution is -2.09. The van der Waals surface area contributed by atoms with Gasteiger partial charge in [-0.25, -0.2) is 0 Å². The van der Waals surface area contributed by atoms with Gasteiger partial charge in [0, 0.05) is 17.1 Å². The Morgan fingerprint density at radius 1 is 0.514 bits per heavy atom. The molecular formula is C34H29N. The zero-order valence-corrected chi connectivity index (χ0v) is 20.3. The van der Waals surface area contributed by atoms with E-state index in [4.69, 9.17) is 0 Å². The van der Waals surface area contributed by atoms with Gasteiger partial charge in [-0.15, -0.1) is 0 Å². The largest absolute Gasteiger partial charge is 0.311 e. The van der Waals surface area contributed by atoms with Crippen LogP contribution in [0, 0.1) is 0 Å². The van der Waals surface area contributed by atoms with Crippen molar-refractivity contribution in [2.75, 3.05) is 4.90 Å². The van der Waals surface area contributed by atoms with Crippen molar-refractivity contribution >= 4 is 39.0 Å². The van der Waals surface area contributed by atoms with Crippen molar-refractivity contribution in [2.45, 2.75) is 13.8 Å². The maximum atomic E-state index is 4.23. The highest BCUT2D eigenvalue weighted by atomic mass is 15.1. The number of nitrogens with zero attached hydrogens (tertiary/aromatic N) is 1. The van der Waals surface area contributed by atoms with E-state index in [0.717, 1.165) is 28.2 Å². The molecule has 0 atom stereocenters. The van der Waals surface area contributed by atoms with Gasteiger partial charge in [0.25, 0.3) is 0 Å². The van der Waals surface area contributed by atoms with E-state index in [1.165, 1.54) is 33.0 Å². The Bertz CT molecular complexity index is 1450. The summed E-state index contributed by atoms with van der Waals surface area (Å²) in [5.74, 6) is 0. The SMILES string of the molecule is C=C(C)c1cccc2c(-c3ccc(N(c4ccccc4)c4ccccc4)cc3)ccc(C(=C)C)c12. The van der Waals surface area contributed by atoms with E-state index in [1.54, 1.807) is 0 Å². The number of fused-ring (bicyclic) bond motifs is 1. The number of benzene rings is 5. The Labute approximate surface area is 208 Å². The molecule has 170 valence electrons. The predicted molar refractivity (Wildman–Crippen MR) is 153 cm³/mol. The summed E-state index contributed by atoms with van der Waals surface area (Å²) in [6, 6.07) is 40.7. The van der Waals surface area contributed by atoms with Crippen LogP contribution in [0.3, 0.4) is 0 Å². The van der Waals surface area contributed by atoms with Crippen molar-refractivity contribution in [3.05, 3.63) is 140 Å². The summed E-state index contributed by atoms with van der Waals surface area (Å²) in [7, 11) is 0. The average molecular weight is 452 g/mol. The third-order valence-electron chi connectivity index (χ3n) is 6.43. The molecule has 0 bridgehead atoms. The second-order valence-corrected chi connectivity index (χ2v) is 9.00. The highest BCUT2D eigenvalue weighted by Crippen LogP contribution is 2.39. The number of hydrogen-bond acceptors (Lipinski definition) is 1. The van der Waals surface area contributed by atoms with Crippen molar-refractivity contribution in [3.63, 3.8) is 0 Å². The minimum Gasteiger partial charge on any atom is -0.311 e. The number of para-hydroxylation sites is 2. The smallest absolute Gasteiger partial charge is 0.0462 e. The molecule has 0 amide bonds. The van der Waals surface area contributed by atoms with E-state index in [9.17, 15) is 0 Å². The first-order chi connectivity index (χ1) is 17.0. The van der Waals surface area contributed by atoms with Gasteiger partial charge in [-0.3, -0.25) is 0 Å². The fourth-order valence-corrected chi connectivity index (χ4v) is 4.76. The Balaban J connectivity index is 1.64. The number of hydrogen-bond donors (Lipinski definition) is 0. The van der Waals surface area contributed by atoms with Gasteiger partial charge in [-0.05, 0) is 83.3 Å². The van der Waals surface area contributed by atoms with Gasteiger partial charge in [0.1, 0.15) is 0 Å². The van der Waals surface area contributed by atoms with Crippen LogP contribution in [0.15, 0.2) is 128 Å². The highest BCUT2D eigenvalue weighted by Gasteiger charge is 2.15. The van der Waals surface area contributed by atoms with Crippen molar-refractivity contribution in [1.82, 2.24) is 0 Å².